The van der Waals surface area contributed by atoms with E-state index in [1.807, 2.05) is 39.0 Å². The highest BCUT2D eigenvalue weighted by molar-refractivity contribution is 5.97. The van der Waals surface area contributed by atoms with Crippen LogP contribution in [0, 0.1) is 6.92 Å². The first-order valence-corrected chi connectivity index (χ1v) is 6.30. The molecule has 0 spiro atoms. The molecule has 1 aromatic heterocycles. The third-order valence-electron chi connectivity index (χ3n) is 2.94. The number of imidazole rings is 1. The van der Waals surface area contributed by atoms with Gasteiger partial charge in [-0.2, -0.15) is 0 Å². The lowest BCUT2D eigenvalue weighted by Crippen LogP contribution is -2.29. The van der Waals surface area contributed by atoms with E-state index in [1.165, 1.54) is 0 Å². The summed E-state index contributed by atoms with van der Waals surface area (Å²) < 4.78 is 2.14. The number of hydrogen-bond donors (Lipinski definition) is 1. The Kier molecular flexibility index (Phi) is 3.36. The minimum Gasteiger partial charge on any atom is -0.350 e. The van der Waals surface area contributed by atoms with E-state index in [1.54, 1.807) is 0 Å². The van der Waals surface area contributed by atoms with Crippen LogP contribution in [-0.4, -0.2) is 21.5 Å². The summed E-state index contributed by atoms with van der Waals surface area (Å²) in [5.74, 6) is 0.935. The van der Waals surface area contributed by atoms with Crippen molar-refractivity contribution in [3.63, 3.8) is 0 Å². The van der Waals surface area contributed by atoms with Gasteiger partial charge >= 0.3 is 0 Å². The Morgan fingerprint density at radius 1 is 1.44 bits per heavy atom. The molecule has 4 nitrogen and oxygen atoms in total. The largest absolute Gasteiger partial charge is 0.350 e. The highest BCUT2D eigenvalue weighted by atomic mass is 16.1. The lowest BCUT2D eigenvalue weighted by molar-refractivity contribution is 0.0943. The highest BCUT2D eigenvalue weighted by Gasteiger charge is 2.11. The van der Waals surface area contributed by atoms with Gasteiger partial charge in [-0.15, -0.1) is 0 Å². The Morgan fingerprint density at radius 3 is 2.78 bits per heavy atom. The SMILES string of the molecule is CCn1c(C)nc2cc(C(=O)NC(C)C)ccc21. The maximum Gasteiger partial charge on any atom is 0.251 e. The molecule has 0 atom stereocenters. The summed E-state index contributed by atoms with van der Waals surface area (Å²) in [4.78, 5) is 16.4. The number of aryl methyl sites for hydroxylation is 2. The lowest BCUT2D eigenvalue weighted by Gasteiger charge is -2.08. The smallest absolute Gasteiger partial charge is 0.251 e. The van der Waals surface area contributed by atoms with Gasteiger partial charge in [-0.05, 0) is 45.9 Å². The highest BCUT2D eigenvalue weighted by Crippen LogP contribution is 2.17. The Bertz CT molecular complexity index is 584. The molecule has 4 heteroatoms. The van der Waals surface area contributed by atoms with Gasteiger partial charge < -0.3 is 9.88 Å². The summed E-state index contributed by atoms with van der Waals surface area (Å²) in [6.45, 7) is 8.86. The second kappa shape index (κ2) is 4.80. The number of hydrogen-bond acceptors (Lipinski definition) is 2. The molecule has 1 aromatic carbocycles. The summed E-state index contributed by atoms with van der Waals surface area (Å²) in [5.41, 5.74) is 2.62. The molecule has 18 heavy (non-hydrogen) atoms. The normalized spacial score (nSPS) is 11.2. The zero-order chi connectivity index (χ0) is 13.3. The molecular weight excluding hydrogens is 226 g/mol. The average Bonchev–Trinajstić information content (AvgIpc) is 2.62. The molecule has 0 saturated carbocycles. The molecule has 0 aliphatic rings. The number of fused-ring (bicyclic) bond motifs is 1. The van der Waals surface area contributed by atoms with Crippen molar-refractivity contribution in [3.05, 3.63) is 29.6 Å². The van der Waals surface area contributed by atoms with Crippen LogP contribution in [0.15, 0.2) is 18.2 Å². The summed E-state index contributed by atoms with van der Waals surface area (Å²) in [7, 11) is 0. The van der Waals surface area contributed by atoms with Crippen molar-refractivity contribution >= 4 is 16.9 Å². The molecule has 1 N–H and O–H groups in total. The quantitative estimate of drug-likeness (QED) is 0.903. The van der Waals surface area contributed by atoms with Crippen LogP contribution in [0.2, 0.25) is 0 Å². The molecule has 0 unspecified atom stereocenters. The van der Waals surface area contributed by atoms with E-state index in [-0.39, 0.29) is 11.9 Å². The molecule has 0 radical (unpaired) electrons. The van der Waals surface area contributed by atoms with Crippen molar-refractivity contribution in [1.29, 1.82) is 0 Å². The van der Waals surface area contributed by atoms with Gasteiger partial charge in [0.05, 0.1) is 11.0 Å². The van der Waals surface area contributed by atoms with Gasteiger partial charge in [0, 0.05) is 18.2 Å². The Labute approximate surface area is 107 Å². The van der Waals surface area contributed by atoms with Crippen LogP contribution in [0.25, 0.3) is 11.0 Å². The summed E-state index contributed by atoms with van der Waals surface area (Å²) >= 11 is 0. The molecule has 0 aliphatic heterocycles. The van der Waals surface area contributed by atoms with E-state index in [4.69, 9.17) is 0 Å². The molecule has 2 aromatic rings. The van der Waals surface area contributed by atoms with Crippen LogP contribution in [0.5, 0.6) is 0 Å². The van der Waals surface area contributed by atoms with Gasteiger partial charge in [0.25, 0.3) is 5.91 Å². The molecule has 2 rings (SSSR count). The fourth-order valence-electron chi connectivity index (χ4n) is 2.14. The first-order valence-electron chi connectivity index (χ1n) is 6.30. The number of benzene rings is 1. The Balaban J connectivity index is 2.42. The summed E-state index contributed by atoms with van der Waals surface area (Å²) in [5, 5.41) is 2.89. The number of rotatable bonds is 3. The zero-order valence-electron chi connectivity index (χ0n) is 11.3. The Morgan fingerprint density at radius 2 is 2.17 bits per heavy atom. The average molecular weight is 245 g/mol. The van der Waals surface area contributed by atoms with Crippen LogP contribution in [0.3, 0.4) is 0 Å². The van der Waals surface area contributed by atoms with Crippen LogP contribution >= 0.6 is 0 Å². The molecular formula is C14H19N3O. The van der Waals surface area contributed by atoms with Crippen LogP contribution < -0.4 is 5.32 Å². The molecule has 0 fully saturated rings. The predicted molar refractivity (Wildman–Crippen MR) is 72.7 cm³/mol. The fraction of sp³-hybridized carbons (Fsp3) is 0.429. The van der Waals surface area contributed by atoms with E-state index >= 15 is 0 Å². The monoisotopic (exact) mass is 245 g/mol. The van der Waals surface area contributed by atoms with Gasteiger partial charge in [0.15, 0.2) is 0 Å². The van der Waals surface area contributed by atoms with Gasteiger partial charge in [0.1, 0.15) is 5.82 Å². The summed E-state index contributed by atoms with van der Waals surface area (Å²) in [6.07, 6.45) is 0. The third kappa shape index (κ3) is 2.23. The molecule has 1 amide bonds. The van der Waals surface area contributed by atoms with E-state index < -0.39 is 0 Å². The van der Waals surface area contributed by atoms with E-state index in [2.05, 4.69) is 21.8 Å². The van der Waals surface area contributed by atoms with Gasteiger partial charge in [-0.1, -0.05) is 0 Å². The number of aromatic nitrogens is 2. The molecule has 0 bridgehead atoms. The van der Waals surface area contributed by atoms with Gasteiger partial charge in [0.2, 0.25) is 0 Å². The molecule has 96 valence electrons. The molecule has 0 saturated heterocycles. The predicted octanol–water partition coefficient (Wildman–Crippen LogP) is 2.50. The number of nitrogens with one attached hydrogen (secondary N) is 1. The number of amides is 1. The van der Waals surface area contributed by atoms with Gasteiger partial charge in [-0.25, -0.2) is 4.98 Å². The first-order chi connectivity index (χ1) is 8.52. The van der Waals surface area contributed by atoms with E-state index in [0.717, 1.165) is 23.4 Å². The second-order valence-corrected chi connectivity index (χ2v) is 4.73. The Hall–Kier alpha value is -1.84. The van der Waals surface area contributed by atoms with Crippen molar-refractivity contribution in [2.45, 2.75) is 40.3 Å². The van der Waals surface area contributed by atoms with Crippen molar-refractivity contribution in [3.8, 4) is 0 Å². The minimum absolute atomic E-state index is 0.0457. The molecule has 1 heterocycles. The minimum atomic E-state index is -0.0457. The van der Waals surface area contributed by atoms with Crippen LogP contribution in [0.4, 0.5) is 0 Å². The van der Waals surface area contributed by atoms with Crippen LogP contribution in [0.1, 0.15) is 37.0 Å². The standard InChI is InChI=1S/C14H19N3O/c1-5-17-10(4)16-12-8-11(6-7-13(12)17)14(18)15-9(2)3/h6-9H,5H2,1-4H3,(H,15,18). The lowest BCUT2D eigenvalue weighted by atomic mass is 10.2. The zero-order valence-corrected chi connectivity index (χ0v) is 11.3. The summed E-state index contributed by atoms with van der Waals surface area (Å²) in [6, 6.07) is 5.82. The fourth-order valence-corrected chi connectivity index (χ4v) is 2.14. The topological polar surface area (TPSA) is 46.9 Å². The van der Waals surface area contributed by atoms with Crippen LogP contribution in [-0.2, 0) is 6.54 Å². The maximum absolute atomic E-state index is 11.9. The van der Waals surface area contributed by atoms with E-state index in [0.29, 0.717) is 5.56 Å². The first kappa shape index (κ1) is 12.6. The van der Waals surface area contributed by atoms with Crippen molar-refractivity contribution in [2.75, 3.05) is 0 Å². The van der Waals surface area contributed by atoms with Crippen molar-refractivity contribution < 1.29 is 4.79 Å². The van der Waals surface area contributed by atoms with Gasteiger partial charge in [-0.3, -0.25) is 4.79 Å². The maximum atomic E-state index is 11.9. The van der Waals surface area contributed by atoms with E-state index in [9.17, 15) is 4.79 Å². The van der Waals surface area contributed by atoms with Crippen molar-refractivity contribution in [2.24, 2.45) is 0 Å². The third-order valence-corrected chi connectivity index (χ3v) is 2.94. The number of carbonyl (C=O) groups excluding carboxylic acids is 1. The van der Waals surface area contributed by atoms with Crippen molar-refractivity contribution in [1.82, 2.24) is 14.9 Å². The molecule has 0 aliphatic carbocycles. The number of carbonyl (C=O) groups is 1. The second-order valence-electron chi connectivity index (χ2n) is 4.73. The number of nitrogens with zero attached hydrogens (tertiary/aromatic N) is 2.